The Labute approximate surface area is 155 Å². The Kier molecular flexibility index (Phi) is 7.69. The highest BCUT2D eigenvalue weighted by atomic mass is 35.5. The maximum Gasteiger partial charge on any atom is 0.410 e. The predicted molar refractivity (Wildman–Crippen MR) is 97.0 cm³/mol. The van der Waals surface area contributed by atoms with Crippen LogP contribution in [0.5, 0.6) is 0 Å². The minimum atomic E-state index is -0.367. The summed E-state index contributed by atoms with van der Waals surface area (Å²) in [6.07, 6.45) is 4.82. The molecule has 2 bridgehead atoms. The van der Waals surface area contributed by atoms with Crippen LogP contribution in [0.1, 0.15) is 52.0 Å². The lowest BCUT2D eigenvalue weighted by molar-refractivity contribution is -0.0123. The second-order valence-electron chi connectivity index (χ2n) is 7.43. The maximum atomic E-state index is 12.1. The summed E-state index contributed by atoms with van der Waals surface area (Å²) < 4.78 is 17.5. The molecule has 0 spiro atoms. The lowest BCUT2D eigenvalue weighted by Gasteiger charge is -2.45. The van der Waals surface area contributed by atoms with Gasteiger partial charge in [-0.15, -0.1) is 12.4 Å². The van der Waals surface area contributed by atoms with Crippen molar-refractivity contribution >= 4 is 18.5 Å². The molecule has 1 saturated carbocycles. The number of fused-ring (bicyclic) bond motifs is 3. The lowest BCUT2D eigenvalue weighted by atomic mass is 9.80. The van der Waals surface area contributed by atoms with Crippen LogP contribution in [-0.4, -0.2) is 29.2 Å². The van der Waals surface area contributed by atoms with Gasteiger partial charge in [0, 0.05) is 12.6 Å². The highest BCUT2D eigenvalue weighted by Crippen LogP contribution is 2.35. The largest absolute Gasteiger partial charge is 0.444 e. The number of benzene rings is 1. The Hall–Kier alpha value is -1.80. The normalized spacial score (nSPS) is 21.3. The van der Waals surface area contributed by atoms with E-state index in [1.165, 1.54) is 49.9 Å². The molecule has 0 aromatic heterocycles. The third-order valence-electron chi connectivity index (χ3n) is 4.31. The first kappa shape index (κ1) is 21.2. The minimum absolute atomic E-state index is 0. The van der Waals surface area contributed by atoms with Crippen molar-refractivity contribution in [1.82, 2.24) is 4.90 Å². The van der Waals surface area contributed by atoms with E-state index in [9.17, 15) is 9.18 Å². The van der Waals surface area contributed by atoms with Crippen LogP contribution in [0.3, 0.4) is 0 Å². The molecule has 2 aliphatic heterocycles. The second-order valence-corrected chi connectivity index (χ2v) is 7.43. The third kappa shape index (κ3) is 6.55. The van der Waals surface area contributed by atoms with Gasteiger partial charge in [-0.1, -0.05) is 0 Å². The average molecular weight is 369 g/mol. The molecule has 4 rings (SSSR count). The van der Waals surface area contributed by atoms with Gasteiger partial charge in [0.2, 0.25) is 0 Å². The van der Waals surface area contributed by atoms with Crippen LogP contribution in [0.25, 0.3) is 0 Å². The van der Waals surface area contributed by atoms with E-state index in [1.54, 1.807) is 0 Å². The third-order valence-corrected chi connectivity index (χ3v) is 4.31. The first-order chi connectivity index (χ1) is 11.3. The number of halogens is 2. The molecule has 2 saturated heterocycles. The van der Waals surface area contributed by atoms with Crippen molar-refractivity contribution in [3.63, 3.8) is 0 Å². The Bertz CT molecular complexity index is 599. The lowest BCUT2D eigenvalue weighted by Crippen LogP contribution is -2.52. The molecule has 3 aliphatic rings. The number of carbonyl (C=O) groups excluding carboxylic acids is 1. The summed E-state index contributed by atoms with van der Waals surface area (Å²) in [5.74, 6) is 0.413. The summed E-state index contributed by atoms with van der Waals surface area (Å²) in [6, 6.07) is 7.74. The van der Waals surface area contributed by atoms with E-state index in [0.29, 0.717) is 11.6 Å². The molecule has 1 aromatic carbocycles. The predicted octanol–water partition coefficient (Wildman–Crippen LogP) is 4.92. The van der Waals surface area contributed by atoms with Gasteiger partial charge in [0.25, 0.3) is 0 Å². The molecule has 1 aromatic rings. The molecule has 0 unspecified atom stereocenters. The Balaban J connectivity index is 0.000000270. The van der Waals surface area contributed by atoms with Crippen molar-refractivity contribution < 1.29 is 13.9 Å². The van der Waals surface area contributed by atoms with Crippen molar-refractivity contribution in [3.8, 4) is 6.07 Å². The SMILES string of the molecule is CC(C)(C)OC(=O)N1CC2CCC1CC2.Cl.N#Cc1ccc(F)cc1. The molecular weight excluding hydrogens is 343 g/mol. The molecule has 6 heteroatoms. The van der Waals surface area contributed by atoms with Crippen LogP contribution in [-0.2, 0) is 4.74 Å². The maximum absolute atomic E-state index is 12.1. The molecular formula is C19H26ClFN2O2. The number of rotatable bonds is 0. The van der Waals surface area contributed by atoms with E-state index in [2.05, 4.69) is 0 Å². The monoisotopic (exact) mass is 368 g/mol. The summed E-state index contributed by atoms with van der Waals surface area (Å²) >= 11 is 0. The average Bonchev–Trinajstić information content (AvgIpc) is 2.56. The summed E-state index contributed by atoms with van der Waals surface area (Å²) in [7, 11) is 0. The molecule has 3 fully saturated rings. The second kappa shape index (κ2) is 9.05. The summed E-state index contributed by atoms with van der Waals surface area (Å²) in [4.78, 5) is 13.9. The summed E-state index contributed by atoms with van der Waals surface area (Å²) in [5, 5.41) is 8.26. The zero-order valence-corrected chi connectivity index (χ0v) is 15.8. The van der Waals surface area contributed by atoms with E-state index in [1.807, 2.05) is 31.7 Å². The summed E-state index contributed by atoms with van der Waals surface area (Å²) in [5.41, 5.74) is 0.115. The van der Waals surface area contributed by atoms with Crippen molar-refractivity contribution in [1.29, 1.82) is 5.26 Å². The molecule has 0 radical (unpaired) electrons. The van der Waals surface area contributed by atoms with E-state index in [-0.39, 0.29) is 29.9 Å². The highest BCUT2D eigenvalue weighted by molar-refractivity contribution is 5.85. The number of carbonyl (C=O) groups is 1. The fourth-order valence-electron chi connectivity index (χ4n) is 3.13. The Morgan fingerprint density at radius 3 is 2.16 bits per heavy atom. The van der Waals surface area contributed by atoms with Crippen LogP contribution in [0, 0.1) is 23.1 Å². The van der Waals surface area contributed by atoms with Crippen LogP contribution >= 0.6 is 12.4 Å². The molecule has 0 atom stereocenters. The van der Waals surface area contributed by atoms with Gasteiger partial charge in [-0.2, -0.15) is 5.26 Å². The molecule has 1 amide bonds. The fraction of sp³-hybridized carbons (Fsp3) is 0.579. The fourth-order valence-corrected chi connectivity index (χ4v) is 3.13. The molecule has 0 N–H and O–H groups in total. The van der Waals surface area contributed by atoms with Crippen LogP contribution in [0.2, 0.25) is 0 Å². The van der Waals surface area contributed by atoms with Gasteiger partial charge < -0.3 is 9.64 Å². The van der Waals surface area contributed by atoms with Crippen molar-refractivity contribution in [3.05, 3.63) is 35.6 Å². The zero-order chi connectivity index (χ0) is 17.7. The Morgan fingerprint density at radius 2 is 1.76 bits per heavy atom. The number of ether oxygens (including phenoxy) is 1. The molecule has 138 valence electrons. The molecule has 1 aliphatic carbocycles. The molecule has 4 nitrogen and oxygen atoms in total. The van der Waals surface area contributed by atoms with Crippen molar-refractivity contribution in [2.75, 3.05) is 6.54 Å². The number of nitriles is 1. The van der Waals surface area contributed by atoms with E-state index in [0.717, 1.165) is 12.5 Å². The number of hydrogen-bond donors (Lipinski definition) is 0. The Morgan fingerprint density at radius 1 is 1.20 bits per heavy atom. The van der Waals surface area contributed by atoms with Crippen LogP contribution in [0.15, 0.2) is 24.3 Å². The van der Waals surface area contributed by atoms with Crippen LogP contribution in [0.4, 0.5) is 9.18 Å². The van der Waals surface area contributed by atoms with Gasteiger partial charge in [0.05, 0.1) is 11.6 Å². The van der Waals surface area contributed by atoms with Gasteiger partial charge >= 0.3 is 6.09 Å². The standard InChI is InChI=1S/C12H21NO2.C7H4FN.ClH/c1-12(2,3)15-11(14)13-8-9-4-6-10(13)7-5-9;8-7-3-1-6(5-9)2-4-7;/h9-10H,4-8H2,1-3H3;1-4H;1H. The van der Waals surface area contributed by atoms with Crippen molar-refractivity contribution in [2.45, 2.75) is 58.1 Å². The zero-order valence-electron chi connectivity index (χ0n) is 15.0. The number of amides is 1. The van der Waals surface area contributed by atoms with Gasteiger partial charge in [0.15, 0.2) is 0 Å². The van der Waals surface area contributed by atoms with E-state index < -0.39 is 0 Å². The smallest absolute Gasteiger partial charge is 0.410 e. The number of nitrogens with zero attached hydrogens (tertiary/aromatic N) is 2. The first-order valence-corrected chi connectivity index (χ1v) is 8.44. The topological polar surface area (TPSA) is 53.3 Å². The number of hydrogen-bond acceptors (Lipinski definition) is 3. The molecule has 2 heterocycles. The molecule has 25 heavy (non-hydrogen) atoms. The van der Waals surface area contributed by atoms with Gasteiger partial charge in [0.1, 0.15) is 11.4 Å². The summed E-state index contributed by atoms with van der Waals surface area (Å²) in [6.45, 7) is 6.69. The number of piperidine rings is 2. The van der Waals surface area contributed by atoms with Crippen molar-refractivity contribution in [2.24, 2.45) is 5.92 Å². The van der Waals surface area contributed by atoms with E-state index >= 15 is 0 Å². The van der Waals surface area contributed by atoms with E-state index in [4.69, 9.17) is 10.00 Å². The van der Waals surface area contributed by atoms with Gasteiger partial charge in [-0.05, 0) is 76.6 Å². The highest BCUT2D eigenvalue weighted by Gasteiger charge is 2.38. The van der Waals surface area contributed by atoms with Crippen LogP contribution < -0.4 is 0 Å². The first-order valence-electron chi connectivity index (χ1n) is 8.44. The van der Waals surface area contributed by atoms with Gasteiger partial charge in [-0.25, -0.2) is 9.18 Å². The van der Waals surface area contributed by atoms with Gasteiger partial charge in [-0.3, -0.25) is 0 Å². The minimum Gasteiger partial charge on any atom is -0.444 e. The quantitative estimate of drug-likeness (QED) is 0.653.